The minimum Gasteiger partial charge on any atom is -0.357 e. The third-order valence-corrected chi connectivity index (χ3v) is 3.83. The van der Waals surface area contributed by atoms with E-state index in [1.54, 1.807) is 0 Å². The molecule has 2 rings (SSSR count). The first-order valence-electron chi connectivity index (χ1n) is 9.09. The Bertz CT molecular complexity index is 606. The van der Waals surface area contributed by atoms with Gasteiger partial charge in [-0.25, -0.2) is 9.79 Å². The summed E-state index contributed by atoms with van der Waals surface area (Å²) in [6.07, 6.45) is 2.19. The monoisotopic (exact) mass is 473 g/mol. The van der Waals surface area contributed by atoms with Gasteiger partial charge in [0.05, 0.1) is 6.54 Å². The van der Waals surface area contributed by atoms with Crippen molar-refractivity contribution < 1.29 is 4.79 Å². The lowest BCUT2D eigenvalue weighted by Gasteiger charge is -2.23. The summed E-state index contributed by atoms with van der Waals surface area (Å²) in [4.78, 5) is 18.7. The maximum Gasteiger partial charge on any atom is 0.321 e. The Morgan fingerprint density at radius 3 is 2.54 bits per heavy atom. The quantitative estimate of drug-likeness (QED) is 0.354. The number of urea groups is 1. The summed E-state index contributed by atoms with van der Waals surface area (Å²) in [5, 5.41) is 9.61. The van der Waals surface area contributed by atoms with Crippen LogP contribution in [-0.4, -0.2) is 42.1 Å². The number of aliphatic imine (C=N–C) groups is 1. The van der Waals surface area contributed by atoms with Crippen molar-refractivity contribution in [2.75, 3.05) is 25.0 Å². The number of guanidine groups is 1. The van der Waals surface area contributed by atoms with Gasteiger partial charge in [0.1, 0.15) is 0 Å². The average Bonchev–Trinajstić information content (AvgIpc) is 3.06. The SMILES string of the molecule is CCNC(=NCc1cccc(NC(=O)N2CCCC2)c1)NC(C)(C)C.I. The number of likely N-dealkylation sites (tertiary alicyclic amines) is 1. The van der Waals surface area contributed by atoms with Gasteiger partial charge in [-0.15, -0.1) is 24.0 Å². The molecule has 0 radical (unpaired) electrons. The van der Waals surface area contributed by atoms with E-state index in [1.165, 1.54) is 0 Å². The molecule has 1 aliphatic rings. The number of benzene rings is 1. The third-order valence-electron chi connectivity index (χ3n) is 3.83. The van der Waals surface area contributed by atoms with Crippen molar-refractivity contribution in [1.29, 1.82) is 0 Å². The van der Waals surface area contributed by atoms with Crippen LogP contribution in [0.4, 0.5) is 10.5 Å². The fourth-order valence-electron chi connectivity index (χ4n) is 2.70. The Kier molecular flexibility index (Phi) is 9.18. The average molecular weight is 473 g/mol. The molecule has 0 unspecified atom stereocenters. The molecule has 0 spiro atoms. The topological polar surface area (TPSA) is 68.8 Å². The van der Waals surface area contributed by atoms with Crippen LogP contribution < -0.4 is 16.0 Å². The first-order chi connectivity index (χ1) is 11.9. The molecule has 3 N–H and O–H groups in total. The maximum absolute atomic E-state index is 12.2. The van der Waals surface area contributed by atoms with E-state index in [1.807, 2.05) is 36.1 Å². The van der Waals surface area contributed by atoms with Crippen LogP contribution in [0.5, 0.6) is 0 Å². The summed E-state index contributed by atoms with van der Waals surface area (Å²) in [5.74, 6) is 0.793. The van der Waals surface area contributed by atoms with Gasteiger partial charge in [-0.3, -0.25) is 0 Å². The number of halogens is 1. The zero-order valence-electron chi connectivity index (χ0n) is 16.3. The van der Waals surface area contributed by atoms with Crippen molar-refractivity contribution in [2.24, 2.45) is 4.99 Å². The van der Waals surface area contributed by atoms with Crippen molar-refractivity contribution in [3.05, 3.63) is 29.8 Å². The first-order valence-corrected chi connectivity index (χ1v) is 9.09. The molecule has 2 amide bonds. The minimum atomic E-state index is -0.0491. The number of carbonyl (C=O) groups excluding carboxylic acids is 1. The van der Waals surface area contributed by atoms with Gasteiger partial charge in [0.2, 0.25) is 0 Å². The fourth-order valence-corrected chi connectivity index (χ4v) is 2.70. The molecule has 0 aliphatic carbocycles. The molecule has 1 aromatic rings. The van der Waals surface area contributed by atoms with Crippen LogP contribution in [0.15, 0.2) is 29.3 Å². The van der Waals surface area contributed by atoms with Crippen molar-refractivity contribution >= 4 is 41.7 Å². The number of rotatable bonds is 4. The molecule has 6 nitrogen and oxygen atoms in total. The van der Waals surface area contributed by atoms with Crippen LogP contribution in [0, 0.1) is 0 Å². The Hall–Kier alpha value is -1.51. The Balaban J connectivity index is 0.00000338. The second kappa shape index (κ2) is 10.6. The first kappa shape index (κ1) is 22.5. The summed E-state index contributed by atoms with van der Waals surface area (Å²) >= 11 is 0. The van der Waals surface area contributed by atoms with Gasteiger partial charge in [-0.1, -0.05) is 12.1 Å². The van der Waals surface area contributed by atoms with Crippen molar-refractivity contribution in [3.8, 4) is 0 Å². The summed E-state index contributed by atoms with van der Waals surface area (Å²) in [6, 6.07) is 7.86. The molecule has 1 aliphatic heterocycles. The molecular formula is C19H32IN5O. The van der Waals surface area contributed by atoms with Crippen molar-refractivity contribution in [2.45, 2.75) is 52.6 Å². The fraction of sp³-hybridized carbons (Fsp3) is 0.579. The highest BCUT2D eigenvalue weighted by atomic mass is 127. The summed E-state index contributed by atoms with van der Waals surface area (Å²) in [5.41, 5.74) is 1.83. The lowest BCUT2D eigenvalue weighted by Crippen LogP contribution is -2.47. The van der Waals surface area contributed by atoms with E-state index in [2.05, 4.69) is 41.7 Å². The molecule has 7 heteroatoms. The minimum absolute atomic E-state index is 0. The number of hydrogen-bond acceptors (Lipinski definition) is 2. The molecule has 1 saturated heterocycles. The van der Waals surface area contributed by atoms with Crippen LogP contribution in [0.1, 0.15) is 46.1 Å². The number of carbonyl (C=O) groups is 1. The highest BCUT2D eigenvalue weighted by Gasteiger charge is 2.17. The van der Waals surface area contributed by atoms with E-state index in [-0.39, 0.29) is 35.5 Å². The lowest BCUT2D eigenvalue weighted by molar-refractivity contribution is 0.222. The van der Waals surface area contributed by atoms with E-state index < -0.39 is 0 Å². The third kappa shape index (κ3) is 7.80. The van der Waals surface area contributed by atoms with Gasteiger partial charge in [0.15, 0.2) is 5.96 Å². The highest BCUT2D eigenvalue weighted by Crippen LogP contribution is 2.14. The standard InChI is InChI=1S/C19H31N5O.HI/c1-5-20-17(23-19(2,3)4)21-14-15-9-8-10-16(13-15)22-18(25)24-11-6-7-12-24;/h8-10,13H,5-7,11-12,14H2,1-4H3,(H,22,25)(H2,20,21,23);1H. The molecule has 0 saturated carbocycles. The summed E-state index contributed by atoms with van der Waals surface area (Å²) < 4.78 is 0. The van der Waals surface area contributed by atoms with Gasteiger partial charge in [0, 0.05) is 30.9 Å². The zero-order valence-corrected chi connectivity index (χ0v) is 18.6. The Morgan fingerprint density at radius 1 is 1.23 bits per heavy atom. The number of anilines is 1. The number of amides is 2. The summed E-state index contributed by atoms with van der Waals surface area (Å²) in [6.45, 7) is 11.4. The maximum atomic E-state index is 12.2. The second-order valence-electron chi connectivity index (χ2n) is 7.39. The molecule has 0 bridgehead atoms. The van der Waals surface area contributed by atoms with Crippen LogP contribution in [0.3, 0.4) is 0 Å². The molecule has 0 atom stereocenters. The van der Waals surface area contributed by atoms with Gasteiger partial charge in [0.25, 0.3) is 0 Å². The van der Waals surface area contributed by atoms with E-state index in [4.69, 9.17) is 0 Å². The van der Waals surface area contributed by atoms with Crippen LogP contribution in [-0.2, 0) is 6.54 Å². The van der Waals surface area contributed by atoms with Crippen LogP contribution in [0.2, 0.25) is 0 Å². The number of nitrogens with zero attached hydrogens (tertiary/aromatic N) is 2. The van der Waals surface area contributed by atoms with Gasteiger partial charge >= 0.3 is 6.03 Å². The predicted molar refractivity (Wildman–Crippen MR) is 119 cm³/mol. The largest absolute Gasteiger partial charge is 0.357 e. The molecule has 1 fully saturated rings. The van der Waals surface area contributed by atoms with E-state index in [9.17, 15) is 4.79 Å². The molecule has 146 valence electrons. The molecule has 1 heterocycles. The van der Waals surface area contributed by atoms with Gasteiger partial charge in [-0.05, 0) is 58.2 Å². The van der Waals surface area contributed by atoms with Gasteiger partial charge in [-0.2, -0.15) is 0 Å². The lowest BCUT2D eigenvalue weighted by atomic mass is 10.1. The van der Waals surface area contributed by atoms with Crippen molar-refractivity contribution in [1.82, 2.24) is 15.5 Å². The molecule has 1 aromatic carbocycles. The van der Waals surface area contributed by atoms with Crippen LogP contribution in [0.25, 0.3) is 0 Å². The Morgan fingerprint density at radius 2 is 1.92 bits per heavy atom. The predicted octanol–water partition coefficient (Wildman–Crippen LogP) is 3.79. The van der Waals surface area contributed by atoms with Crippen molar-refractivity contribution in [3.63, 3.8) is 0 Å². The van der Waals surface area contributed by atoms with E-state index >= 15 is 0 Å². The number of nitrogens with one attached hydrogen (secondary N) is 3. The van der Waals surface area contributed by atoms with E-state index in [0.29, 0.717) is 6.54 Å². The number of hydrogen-bond donors (Lipinski definition) is 3. The van der Waals surface area contributed by atoms with E-state index in [0.717, 1.165) is 49.7 Å². The molecule has 26 heavy (non-hydrogen) atoms. The highest BCUT2D eigenvalue weighted by molar-refractivity contribution is 14.0. The van der Waals surface area contributed by atoms with Crippen LogP contribution >= 0.6 is 24.0 Å². The zero-order chi connectivity index (χ0) is 18.3. The Labute approximate surface area is 174 Å². The normalized spacial score (nSPS) is 14.6. The second-order valence-corrected chi connectivity index (χ2v) is 7.39. The summed E-state index contributed by atoms with van der Waals surface area (Å²) in [7, 11) is 0. The van der Waals surface area contributed by atoms with Gasteiger partial charge < -0.3 is 20.9 Å². The smallest absolute Gasteiger partial charge is 0.321 e. The molecule has 0 aromatic heterocycles. The molecular weight excluding hydrogens is 441 g/mol.